The van der Waals surface area contributed by atoms with Gasteiger partial charge >= 0.3 is 5.97 Å². The van der Waals surface area contributed by atoms with Gasteiger partial charge in [-0.05, 0) is 37.3 Å². The smallest absolute Gasteiger partial charge is 0.335 e. The van der Waals surface area contributed by atoms with E-state index in [9.17, 15) is 14.0 Å². The molecule has 1 aromatic carbocycles. The van der Waals surface area contributed by atoms with Gasteiger partial charge in [-0.25, -0.2) is 9.18 Å². The summed E-state index contributed by atoms with van der Waals surface area (Å²) >= 11 is 1.30. The van der Waals surface area contributed by atoms with Gasteiger partial charge in [0.05, 0.1) is 16.1 Å². The van der Waals surface area contributed by atoms with Gasteiger partial charge in [0, 0.05) is 4.88 Å². The van der Waals surface area contributed by atoms with E-state index < -0.39 is 17.7 Å². The Kier molecular flexibility index (Phi) is 3.62. The Morgan fingerprint density at radius 2 is 2.00 bits per heavy atom. The maximum absolute atomic E-state index is 13.6. The summed E-state index contributed by atoms with van der Waals surface area (Å²) in [6.45, 7) is 1.86. The molecule has 2 rings (SSSR count). The molecule has 0 saturated carbocycles. The molecule has 19 heavy (non-hydrogen) atoms. The molecule has 0 saturated heterocycles. The van der Waals surface area contributed by atoms with E-state index in [0.29, 0.717) is 4.88 Å². The van der Waals surface area contributed by atoms with E-state index in [-0.39, 0.29) is 11.3 Å². The van der Waals surface area contributed by atoms with Crippen LogP contribution >= 0.6 is 11.3 Å². The monoisotopic (exact) mass is 279 g/mol. The van der Waals surface area contributed by atoms with Gasteiger partial charge in [0.2, 0.25) is 0 Å². The number of thiophene rings is 1. The molecule has 0 bridgehead atoms. The number of aryl methyl sites for hydroxylation is 1. The van der Waals surface area contributed by atoms with E-state index in [0.717, 1.165) is 10.9 Å². The highest BCUT2D eigenvalue weighted by Crippen LogP contribution is 2.20. The van der Waals surface area contributed by atoms with Crippen molar-refractivity contribution in [2.75, 3.05) is 5.32 Å². The molecule has 4 nitrogen and oxygen atoms in total. The summed E-state index contributed by atoms with van der Waals surface area (Å²) in [7, 11) is 0. The van der Waals surface area contributed by atoms with E-state index in [1.807, 2.05) is 6.92 Å². The lowest BCUT2D eigenvalue weighted by Crippen LogP contribution is -2.12. The van der Waals surface area contributed by atoms with Crippen molar-refractivity contribution in [3.8, 4) is 0 Å². The second-order valence-electron chi connectivity index (χ2n) is 3.86. The van der Waals surface area contributed by atoms with Crippen LogP contribution in [-0.2, 0) is 0 Å². The average Bonchev–Trinajstić information content (AvgIpc) is 2.78. The molecule has 0 radical (unpaired) electrons. The van der Waals surface area contributed by atoms with Crippen LogP contribution in [0.5, 0.6) is 0 Å². The number of aromatic carboxylic acids is 1. The summed E-state index contributed by atoms with van der Waals surface area (Å²) < 4.78 is 13.6. The van der Waals surface area contributed by atoms with E-state index >= 15 is 0 Å². The number of carbonyl (C=O) groups is 2. The Labute approximate surface area is 112 Å². The number of rotatable bonds is 3. The molecule has 0 aliphatic heterocycles. The van der Waals surface area contributed by atoms with Crippen molar-refractivity contribution >= 4 is 28.9 Å². The van der Waals surface area contributed by atoms with Crippen LogP contribution in [0.4, 0.5) is 10.1 Å². The highest BCUT2D eigenvalue weighted by Gasteiger charge is 2.13. The van der Waals surface area contributed by atoms with Gasteiger partial charge in [-0.2, -0.15) is 0 Å². The molecule has 0 fully saturated rings. The zero-order chi connectivity index (χ0) is 14.0. The molecule has 2 N–H and O–H groups in total. The van der Waals surface area contributed by atoms with Gasteiger partial charge in [0.25, 0.3) is 5.91 Å². The van der Waals surface area contributed by atoms with Gasteiger partial charge in [0.15, 0.2) is 0 Å². The number of carboxylic acid groups (broad SMARTS) is 1. The van der Waals surface area contributed by atoms with Crippen molar-refractivity contribution in [2.24, 2.45) is 0 Å². The molecule has 2 aromatic rings. The minimum absolute atomic E-state index is 0.0407. The standard InChI is InChI=1S/C13H10FNO3S/c1-7-2-5-11(19-7)12(16)15-10-4-3-8(13(17)18)6-9(10)14/h2-6H,1H3,(H,15,16)(H,17,18). The summed E-state index contributed by atoms with van der Waals surface area (Å²) in [5, 5.41) is 11.1. The minimum Gasteiger partial charge on any atom is -0.478 e. The molecule has 1 amide bonds. The summed E-state index contributed by atoms with van der Waals surface area (Å²) in [6.07, 6.45) is 0. The predicted octanol–water partition coefficient (Wildman–Crippen LogP) is 3.15. The number of amides is 1. The summed E-state index contributed by atoms with van der Waals surface area (Å²) in [5.41, 5.74) is -0.205. The number of nitrogens with one attached hydrogen (secondary N) is 1. The number of anilines is 1. The first-order valence-electron chi connectivity index (χ1n) is 5.38. The number of hydrogen-bond donors (Lipinski definition) is 2. The highest BCUT2D eigenvalue weighted by atomic mass is 32.1. The topological polar surface area (TPSA) is 66.4 Å². The van der Waals surface area contributed by atoms with Crippen LogP contribution < -0.4 is 5.32 Å². The van der Waals surface area contributed by atoms with Gasteiger partial charge in [-0.3, -0.25) is 4.79 Å². The van der Waals surface area contributed by atoms with Crippen LogP contribution in [0.3, 0.4) is 0 Å². The largest absolute Gasteiger partial charge is 0.478 e. The molecule has 98 valence electrons. The number of carboxylic acids is 1. The third-order valence-electron chi connectivity index (χ3n) is 2.43. The maximum atomic E-state index is 13.6. The van der Waals surface area contributed by atoms with Crippen LogP contribution in [0.2, 0.25) is 0 Å². The molecule has 0 aliphatic carbocycles. The van der Waals surface area contributed by atoms with Gasteiger partial charge < -0.3 is 10.4 Å². The summed E-state index contributed by atoms with van der Waals surface area (Å²) in [4.78, 5) is 23.9. The predicted molar refractivity (Wildman–Crippen MR) is 70.4 cm³/mol. The molecule has 0 spiro atoms. The Hall–Kier alpha value is -2.21. The molecule has 0 atom stereocenters. The van der Waals surface area contributed by atoms with Crippen molar-refractivity contribution in [1.82, 2.24) is 0 Å². The van der Waals surface area contributed by atoms with Crippen molar-refractivity contribution < 1.29 is 19.1 Å². The molecule has 0 aliphatic rings. The number of hydrogen-bond acceptors (Lipinski definition) is 3. The Bertz CT molecular complexity index is 651. The fraction of sp³-hybridized carbons (Fsp3) is 0.0769. The van der Waals surface area contributed by atoms with E-state index in [1.165, 1.54) is 23.5 Å². The zero-order valence-corrected chi connectivity index (χ0v) is 10.8. The normalized spacial score (nSPS) is 10.2. The lowest BCUT2D eigenvalue weighted by atomic mass is 10.2. The molecular weight excluding hydrogens is 269 g/mol. The molecular formula is C13H10FNO3S. The second-order valence-corrected chi connectivity index (χ2v) is 5.15. The van der Waals surface area contributed by atoms with Crippen LogP contribution in [0.25, 0.3) is 0 Å². The van der Waals surface area contributed by atoms with Crippen molar-refractivity contribution in [3.63, 3.8) is 0 Å². The number of carbonyl (C=O) groups excluding carboxylic acids is 1. The van der Waals surface area contributed by atoms with E-state index in [1.54, 1.807) is 12.1 Å². The lowest BCUT2D eigenvalue weighted by Gasteiger charge is -2.05. The quantitative estimate of drug-likeness (QED) is 0.907. The first-order chi connectivity index (χ1) is 8.97. The first-order valence-corrected chi connectivity index (χ1v) is 6.19. The average molecular weight is 279 g/mol. The first kappa shape index (κ1) is 13.2. The Balaban J connectivity index is 2.20. The molecule has 1 aromatic heterocycles. The third kappa shape index (κ3) is 2.97. The van der Waals surface area contributed by atoms with E-state index in [2.05, 4.69) is 5.32 Å². The SMILES string of the molecule is Cc1ccc(C(=O)Nc2ccc(C(=O)O)cc2F)s1. The lowest BCUT2D eigenvalue weighted by molar-refractivity contribution is 0.0696. The van der Waals surface area contributed by atoms with Gasteiger partial charge in [-0.15, -0.1) is 11.3 Å². The minimum atomic E-state index is -1.22. The summed E-state index contributed by atoms with van der Waals surface area (Å²) in [5.74, 6) is -2.41. The van der Waals surface area contributed by atoms with Crippen molar-refractivity contribution in [2.45, 2.75) is 6.92 Å². The zero-order valence-electron chi connectivity index (χ0n) is 9.94. The molecule has 6 heteroatoms. The van der Waals surface area contributed by atoms with Crippen molar-refractivity contribution in [3.05, 3.63) is 51.5 Å². The van der Waals surface area contributed by atoms with Gasteiger partial charge in [0.1, 0.15) is 5.82 Å². The number of benzene rings is 1. The Morgan fingerprint density at radius 1 is 1.26 bits per heavy atom. The van der Waals surface area contributed by atoms with Crippen LogP contribution in [0.15, 0.2) is 30.3 Å². The van der Waals surface area contributed by atoms with Crippen molar-refractivity contribution in [1.29, 1.82) is 0 Å². The van der Waals surface area contributed by atoms with E-state index in [4.69, 9.17) is 5.11 Å². The second kappa shape index (κ2) is 5.19. The number of halogens is 1. The molecule has 0 unspecified atom stereocenters. The fourth-order valence-electron chi connectivity index (χ4n) is 1.49. The summed E-state index contributed by atoms with van der Waals surface area (Å²) in [6, 6.07) is 6.79. The van der Waals surface area contributed by atoms with Crippen LogP contribution in [0, 0.1) is 12.7 Å². The Morgan fingerprint density at radius 3 is 2.53 bits per heavy atom. The highest BCUT2D eigenvalue weighted by molar-refractivity contribution is 7.14. The third-order valence-corrected chi connectivity index (χ3v) is 3.43. The maximum Gasteiger partial charge on any atom is 0.335 e. The molecule has 1 heterocycles. The fourth-order valence-corrected chi connectivity index (χ4v) is 2.25. The van der Waals surface area contributed by atoms with Gasteiger partial charge in [-0.1, -0.05) is 0 Å². The van der Waals surface area contributed by atoms with Crippen LogP contribution in [-0.4, -0.2) is 17.0 Å². The van der Waals surface area contributed by atoms with Crippen LogP contribution in [0.1, 0.15) is 24.9 Å².